The third-order valence-electron chi connectivity index (χ3n) is 4.05. The number of hydrogen-bond acceptors (Lipinski definition) is 3. The number of carbonyl (C=O) groups is 1. The van der Waals surface area contributed by atoms with Crippen LogP contribution in [-0.2, 0) is 4.79 Å². The van der Waals surface area contributed by atoms with Gasteiger partial charge in [-0.3, -0.25) is 9.69 Å². The zero-order chi connectivity index (χ0) is 15.2. The minimum Gasteiger partial charge on any atom is -0.332 e. The minimum absolute atomic E-state index is 0.0856. The van der Waals surface area contributed by atoms with Crippen molar-refractivity contribution in [2.24, 2.45) is 0 Å². The number of carbonyl (C=O) groups excluding carboxylic acids is 1. The average molecular weight is 293 g/mol. The van der Waals surface area contributed by atoms with E-state index in [9.17, 15) is 9.18 Å². The lowest BCUT2D eigenvalue weighted by Crippen LogP contribution is -2.51. The molecule has 0 bridgehead atoms. The highest BCUT2D eigenvalue weighted by molar-refractivity contribution is 5.79. The van der Waals surface area contributed by atoms with E-state index in [0.717, 1.165) is 25.2 Å². The molecule has 1 fully saturated rings. The van der Waals surface area contributed by atoms with Crippen molar-refractivity contribution in [1.82, 2.24) is 15.1 Å². The van der Waals surface area contributed by atoms with Crippen LogP contribution in [0.5, 0.6) is 0 Å². The van der Waals surface area contributed by atoms with Gasteiger partial charge in [0.25, 0.3) is 0 Å². The third kappa shape index (κ3) is 4.02. The number of piperazine rings is 1. The van der Waals surface area contributed by atoms with Crippen molar-refractivity contribution < 1.29 is 9.18 Å². The van der Waals surface area contributed by atoms with E-state index in [1.165, 1.54) is 12.1 Å². The number of nitrogens with one attached hydrogen (secondary N) is 1. The van der Waals surface area contributed by atoms with Gasteiger partial charge < -0.3 is 10.2 Å². The summed E-state index contributed by atoms with van der Waals surface area (Å²) >= 11 is 0. The summed E-state index contributed by atoms with van der Waals surface area (Å²) < 4.78 is 13.4. The molecular formula is C16H24FN3O. The number of benzene rings is 1. The van der Waals surface area contributed by atoms with Crippen LogP contribution in [0.15, 0.2) is 24.3 Å². The van der Waals surface area contributed by atoms with Crippen LogP contribution >= 0.6 is 0 Å². The molecule has 0 radical (unpaired) electrons. The summed E-state index contributed by atoms with van der Waals surface area (Å²) in [6, 6.07) is 6.46. The Morgan fingerprint density at radius 2 is 2.19 bits per heavy atom. The van der Waals surface area contributed by atoms with E-state index in [4.69, 9.17) is 0 Å². The van der Waals surface area contributed by atoms with Gasteiger partial charge in [-0.2, -0.15) is 0 Å². The molecule has 21 heavy (non-hydrogen) atoms. The van der Waals surface area contributed by atoms with E-state index in [1.54, 1.807) is 6.07 Å². The molecule has 1 unspecified atom stereocenters. The molecule has 1 saturated heterocycles. The summed E-state index contributed by atoms with van der Waals surface area (Å²) in [6.45, 7) is 8.39. The lowest BCUT2D eigenvalue weighted by atomic mass is 10.0. The predicted molar refractivity (Wildman–Crippen MR) is 81.5 cm³/mol. The molecule has 4 nitrogen and oxygen atoms in total. The van der Waals surface area contributed by atoms with Crippen LogP contribution in [0.4, 0.5) is 4.39 Å². The molecule has 0 aromatic heterocycles. The molecule has 116 valence electrons. The van der Waals surface area contributed by atoms with Crippen LogP contribution in [-0.4, -0.2) is 55.0 Å². The third-order valence-corrected chi connectivity index (χ3v) is 4.05. The van der Waals surface area contributed by atoms with Gasteiger partial charge in [-0.15, -0.1) is 0 Å². The Labute approximate surface area is 125 Å². The maximum atomic E-state index is 13.4. The van der Waals surface area contributed by atoms with Gasteiger partial charge in [-0.05, 0) is 30.8 Å². The van der Waals surface area contributed by atoms with Gasteiger partial charge in [0.15, 0.2) is 0 Å². The van der Waals surface area contributed by atoms with Gasteiger partial charge in [-0.25, -0.2) is 4.39 Å². The van der Waals surface area contributed by atoms with Crippen molar-refractivity contribution in [3.8, 4) is 0 Å². The maximum Gasteiger partial charge on any atom is 0.237 e. The number of halogens is 1. The molecule has 2 rings (SSSR count). The van der Waals surface area contributed by atoms with Gasteiger partial charge in [0.05, 0.1) is 12.6 Å². The van der Waals surface area contributed by atoms with Crippen molar-refractivity contribution in [1.29, 1.82) is 0 Å². The van der Waals surface area contributed by atoms with Crippen LogP contribution in [0.2, 0.25) is 0 Å². The first-order valence-electron chi connectivity index (χ1n) is 7.63. The van der Waals surface area contributed by atoms with Crippen molar-refractivity contribution >= 4 is 5.91 Å². The summed E-state index contributed by atoms with van der Waals surface area (Å²) in [5.74, 6) is -0.135. The smallest absolute Gasteiger partial charge is 0.237 e. The number of hydrogen-bond donors (Lipinski definition) is 1. The normalized spacial score (nSPS) is 19.0. The largest absolute Gasteiger partial charge is 0.332 e. The molecular weight excluding hydrogens is 269 g/mol. The van der Waals surface area contributed by atoms with E-state index in [-0.39, 0.29) is 17.8 Å². The number of rotatable bonds is 5. The van der Waals surface area contributed by atoms with E-state index in [2.05, 4.69) is 24.1 Å². The van der Waals surface area contributed by atoms with Gasteiger partial charge in [-0.1, -0.05) is 26.0 Å². The molecule has 1 atom stereocenters. The molecule has 1 aliphatic heterocycles. The Morgan fingerprint density at radius 3 is 2.86 bits per heavy atom. The molecule has 1 heterocycles. The minimum atomic E-state index is -0.255. The summed E-state index contributed by atoms with van der Waals surface area (Å²) in [6.07, 6.45) is 0. The SMILES string of the molecule is CCN(CC)CC(=O)N1CCNCC1c1cccc(F)c1. The first-order valence-corrected chi connectivity index (χ1v) is 7.63. The lowest BCUT2D eigenvalue weighted by molar-refractivity contribution is -0.135. The van der Waals surface area contributed by atoms with Gasteiger partial charge in [0.1, 0.15) is 5.82 Å². The van der Waals surface area contributed by atoms with Gasteiger partial charge in [0, 0.05) is 19.6 Å². The van der Waals surface area contributed by atoms with Crippen molar-refractivity contribution in [2.75, 3.05) is 39.3 Å². The van der Waals surface area contributed by atoms with Crippen molar-refractivity contribution in [3.05, 3.63) is 35.6 Å². The van der Waals surface area contributed by atoms with Crippen LogP contribution in [0.25, 0.3) is 0 Å². The topological polar surface area (TPSA) is 35.6 Å². The number of nitrogens with zero attached hydrogens (tertiary/aromatic N) is 2. The number of likely N-dealkylation sites (N-methyl/N-ethyl adjacent to an activating group) is 1. The zero-order valence-electron chi connectivity index (χ0n) is 12.8. The molecule has 5 heteroatoms. The Hall–Kier alpha value is -1.46. The van der Waals surface area contributed by atoms with Crippen LogP contribution in [0.3, 0.4) is 0 Å². The molecule has 1 amide bonds. The van der Waals surface area contributed by atoms with E-state index in [0.29, 0.717) is 19.6 Å². The quantitative estimate of drug-likeness (QED) is 0.896. The Bertz CT molecular complexity index is 476. The molecule has 0 aliphatic carbocycles. The molecule has 0 saturated carbocycles. The first-order chi connectivity index (χ1) is 10.2. The fourth-order valence-corrected chi connectivity index (χ4v) is 2.74. The maximum absolute atomic E-state index is 13.4. The van der Waals surface area contributed by atoms with E-state index < -0.39 is 0 Å². The van der Waals surface area contributed by atoms with Crippen LogP contribution in [0.1, 0.15) is 25.5 Å². The molecule has 1 aliphatic rings. The van der Waals surface area contributed by atoms with Gasteiger partial charge >= 0.3 is 0 Å². The van der Waals surface area contributed by atoms with Crippen molar-refractivity contribution in [3.63, 3.8) is 0 Å². The molecule has 1 N–H and O–H groups in total. The standard InChI is InChI=1S/C16H24FN3O/c1-3-19(4-2)12-16(21)20-9-8-18-11-15(20)13-6-5-7-14(17)10-13/h5-7,10,15,18H,3-4,8-9,11-12H2,1-2H3. The summed E-state index contributed by atoms with van der Waals surface area (Å²) in [5, 5.41) is 3.29. The second-order valence-corrected chi connectivity index (χ2v) is 5.32. The monoisotopic (exact) mass is 293 g/mol. The highest BCUT2D eigenvalue weighted by Gasteiger charge is 2.28. The molecule has 1 aromatic carbocycles. The molecule has 0 spiro atoms. The van der Waals surface area contributed by atoms with Crippen molar-refractivity contribution in [2.45, 2.75) is 19.9 Å². The highest BCUT2D eigenvalue weighted by Crippen LogP contribution is 2.23. The second-order valence-electron chi connectivity index (χ2n) is 5.32. The van der Waals surface area contributed by atoms with Crippen LogP contribution in [0, 0.1) is 5.82 Å². The first kappa shape index (κ1) is 15.9. The fraction of sp³-hybridized carbons (Fsp3) is 0.562. The summed E-state index contributed by atoms with van der Waals surface area (Å²) in [4.78, 5) is 16.5. The number of amides is 1. The lowest BCUT2D eigenvalue weighted by Gasteiger charge is -2.37. The Kier molecular flexibility index (Phi) is 5.70. The second kappa shape index (κ2) is 7.52. The van der Waals surface area contributed by atoms with Gasteiger partial charge in [0.2, 0.25) is 5.91 Å². The average Bonchev–Trinajstić information content (AvgIpc) is 2.52. The Morgan fingerprint density at radius 1 is 1.43 bits per heavy atom. The zero-order valence-corrected chi connectivity index (χ0v) is 12.8. The van der Waals surface area contributed by atoms with E-state index >= 15 is 0 Å². The summed E-state index contributed by atoms with van der Waals surface area (Å²) in [7, 11) is 0. The molecule has 1 aromatic rings. The summed E-state index contributed by atoms with van der Waals surface area (Å²) in [5.41, 5.74) is 0.857. The fourth-order valence-electron chi connectivity index (χ4n) is 2.74. The Balaban J connectivity index is 2.13. The highest BCUT2D eigenvalue weighted by atomic mass is 19.1. The van der Waals surface area contributed by atoms with Crippen LogP contribution < -0.4 is 5.32 Å². The van der Waals surface area contributed by atoms with E-state index in [1.807, 2.05) is 11.0 Å². The predicted octanol–water partition coefficient (Wildman–Crippen LogP) is 1.64.